The second kappa shape index (κ2) is 14.0. The van der Waals surface area contributed by atoms with Gasteiger partial charge in [-0.3, -0.25) is 19.7 Å². The Labute approximate surface area is 252 Å². The highest BCUT2D eigenvalue weighted by atomic mass is 79.9. The Bertz CT molecular complexity index is 1710. The van der Waals surface area contributed by atoms with Crippen LogP contribution in [0.4, 0.5) is 11.4 Å². The average Bonchev–Trinajstić information content (AvgIpc) is 2.98. The molecule has 0 saturated heterocycles. The standard InChI is InChI=1S/C30H20BrClN4O6/c31-23-9-14-27(42-28(37)15-6-19-4-12-26(13-5-19)36(40)41)22(16-23)18-33-35-30(39)21-2-1-3-25(17-21)34-29(38)20-7-10-24(32)11-8-20/h1-18H,(H,34,38)(H,35,39)/b15-6+,33-18?. The van der Waals surface area contributed by atoms with Crippen molar-refractivity contribution in [1.82, 2.24) is 5.43 Å². The monoisotopic (exact) mass is 646 g/mol. The van der Waals surface area contributed by atoms with Crippen molar-refractivity contribution < 1.29 is 24.0 Å². The van der Waals surface area contributed by atoms with Gasteiger partial charge in [0.15, 0.2) is 0 Å². The maximum atomic E-state index is 12.7. The van der Waals surface area contributed by atoms with E-state index < -0.39 is 16.8 Å². The van der Waals surface area contributed by atoms with Crippen LogP contribution in [0, 0.1) is 10.1 Å². The number of rotatable bonds is 9. The van der Waals surface area contributed by atoms with Crippen LogP contribution in [0.2, 0.25) is 5.02 Å². The summed E-state index contributed by atoms with van der Waals surface area (Å²) in [4.78, 5) is 47.8. The number of halogens is 2. The number of benzene rings is 4. The lowest BCUT2D eigenvalue weighted by molar-refractivity contribution is -0.384. The van der Waals surface area contributed by atoms with Crippen molar-refractivity contribution in [3.8, 4) is 5.75 Å². The second-order valence-electron chi connectivity index (χ2n) is 8.53. The number of ether oxygens (including phenoxy) is 1. The van der Waals surface area contributed by atoms with E-state index in [2.05, 4.69) is 31.8 Å². The fourth-order valence-electron chi connectivity index (χ4n) is 3.49. The third kappa shape index (κ3) is 8.43. The number of carbonyl (C=O) groups is 3. The van der Waals surface area contributed by atoms with Crippen molar-refractivity contribution in [3.05, 3.63) is 139 Å². The van der Waals surface area contributed by atoms with Crippen molar-refractivity contribution in [3.63, 3.8) is 0 Å². The molecule has 4 rings (SSSR count). The van der Waals surface area contributed by atoms with Gasteiger partial charge < -0.3 is 10.1 Å². The number of hydrogen-bond acceptors (Lipinski definition) is 7. The lowest BCUT2D eigenvalue weighted by Crippen LogP contribution is -2.18. The number of hydrogen-bond donors (Lipinski definition) is 2. The number of nitro groups is 1. The minimum absolute atomic E-state index is 0.0609. The molecule has 0 atom stereocenters. The lowest BCUT2D eigenvalue weighted by Gasteiger charge is -2.08. The number of nitrogens with one attached hydrogen (secondary N) is 2. The fraction of sp³-hybridized carbons (Fsp3) is 0. The van der Waals surface area contributed by atoms with Crippen molar-refractivity contribution >= 4 is 69.0 Å². The lowest BCUT2D eigenvalue weighted by atomic mass is 10.1. The number of non-ortho nitro benzene ring substituents is 1. The summed E-state index contributed by atoms with van der Waals surface area (Å²) in [5.74, 6) is -1.40. The molecule has 2 amide bonds. The van der Waals surface area contributed by atoms with Gasteiger partial charge >= 0.3 is 5.97 Å². The number of amides is 2. The summed E-state index contributed by atoms with van der Waals surface area (Å²) in [6.45, 7) is 0. The number of carbonyl (C=O) groups excluding carboxylic acids is 3. The third-order valence-corrected chi connectivity index (χ3v) is 6.30. The van der Waals surface area contributed by atoms with Crippen molar-refractivity contribution in [1.29, 1.82) is 0 Å². The van der Waals surface area contributed by atoms with Crippen LogP contribution >= 0.6 is 27.5 Å². The smallest absolute Gasteiger partial charge is 0.336 e. The van der Waals surface area contributed by atoms with E-state index in [1.165, 1.54) is 48.7 Å². The Hall–Kier alpha value is -5.13. The Kier molecular flexibility index (Phi) is 9.93. The van der Waals surface area contributed by atoms with E-state index in [0.29, 0.717) is 31.9 Å². The van der Waals surface area contributed by atoms with Gasteiger partial charge in [-0.15, -0.1) is 0 Å². The summed E-state index contributed by atoms with van der Waals surface area (Å²) < 4.78 is 6.10. The molecule has 0 unspecified atom stereocenters. The average molecular weight is 648 g/mol. The number of esters is 1. The summed E-state index contributed by atoms with van der Waals surface area (Å²) in [6.07, 6.45) is 3.97. The van der Waals surface area contributed by atoms with Crippen LogP contribution in [0.1, 0.15) is 31.8 Å². The van der Waals surface area contributed by atoms with Crippen LogP contribution < -0.4 is 15.5 Å². The maximum Gasteiger partial charge on any atom is 0.336 e. The van der Waals surface area contributed by atoms with Crippen LogP contribution in [0.3, 0.4) is 0 Å². The molecule has 0 saturated carbocycles. The molecule has 210 valence electrons. The van der Waals surface area contributed by atoms with Crippen LogP contribution in [0.5, 0.6) is 5.75 Å². The first-order valence-corrected chi connectivity index (χ1v) is 13.3. The van der Waals surface area contributed by atoms with Gasteiger partial charge in [0, 0.05) is 50.1 Å². The van der Waals surface area contributed by atoms with Gasteiger partial charge in [0.05, 0.1) is 11.1 Å². The molecule has 0 heterocycles. The highest BCUT2D eigenvalue weighted by Gasteiger charge is 2.11. The molecular formula is C30H20BrClN4O6. The van der Waals surface area contributed by atoms with Crippen LogP contribution in [-0.4, -0.2) is 28.9 Å². The Balaban J connectivity index is 1.38. The van der Waals surface area contributed by atoms with Crippen LogP contribution in [0.15, 0.2) is 107 Å². The van der Waals surface area contributed by atoms with E-state index in [1.54, 1.807) is 60.7 Å². The molecule has 0 aromatic heterocycles. The summed E-state index contributed by atoms with van der Waals surface area (Å²) in [5, 5.41) is 18.0. The van der Waals surface area contributed by atoms with Crippen molar-refractivity contribution in [2.24, 2.45) is 5.10 Å². The minimum Gasteiger partial charge on any atom is -0.423 e. The molecule has 0 fully saturated rings. The van der Waals surface area contributed by atoms with Crippen LogP contribution in [-0.2, 0) is 4.79 Å². The summed E-state index contributed by atoms with van der Waals surface area (Å²) in [6, 6.07) is 23.3. The molecule has 0 aliphatic carbocycles. The van der Waals surface area contributed by atoms with Gasteiger partial charge in [0.1, 0.15) is 5.75 Å². The third-order valence-electron chi connectivity index (χ3n) is 5.56. The van der Waals surface area contributed by atoms with E-state index in [-0.39, 0.29) is 22.9 Å². The summed E-state index contributed by atoms with van der Waals surface area (Å²) >= 11 is 9.22. The molecule has 12 heteroatoms. The Morgan fingerprint density at radius 3 is 2.36 bits per heavy atom. The molecule has 0 aliphatic rings. The first-order chi connectivity index (χ1) is 20.2. The number of nitrogens with zero attached hydrogens (tertiary/aromatic N) is 2. The van der Waals surface area contributed by atoms with Gasteiger partial charge in [-0.05, 0) is 84.4 Å². The zero-order valence-corrected chi connectivity index (χ0v) is 23.8. The minimum atomic E-state index is -0.688. The SMILES string of the molecule is O=C(/C=C/c1ccc([N+](=O)[O-])cc1)Oc1ccc(Br)cc1C=NNC(=O)c1cccc(NC(=O)c2ccc(Cl)cc2)c1. The zero-order valence-electron chi connectivity index (χ0n) is 21.5. The zero-order chi connectivity index (χ0) is 30.1. The first kappa shape index (κ1) is 29.8. The number of anilines is 1. The fourth-order valence-corrected chi connectivity index (χ4v) is 4.00. The summed E-state index contributed by atoms with van der Waals surface area (Å²) in [7, 11) is 0. The van der Waals surface area contributed by atoms with Gasteiger partial charge in [0.25, 0.3) is 17.5 Å². The Morgan fingerprint density at radius 2 is 1.64 bits per heavy atom. The van der Waals surface area contributed by atoms with Crippen LogP contribution in [0.25, 0.3) is 6.08 Å². The molecule has 0 bridgehead atoms. The van der Waals surface area contributed by atoms with Crippen molar-refractivity contribution in [2.45, 2.75) is 0 Å². The predicted molar refractivity (Wildman–Crippen MR) is 163 cm³/mol. The maximum absolute atomic E-state index is 12.7. The number of nitro benzene ring substituents is 1. The molecule has 0 spiro atoms. The second-order valence-corrected chi connectivity index (χ2v) is 9.88. The van der Waals surface area contributed by atoms with E-state index in [1.807, 2.05) is 0 Å². The topological polar surface area (TPSA) is 140 Å². The predicted octanol–water partition coefficient (Wildman–Crippen LogP) is 6.65. The van der Waals surface area contributed by atoms with E-state index in [4.69, 9.17) is 16.3 Å². The molecule has 10 nitrogen and oxygen atoms in total. The van der Waals surface area contributed by atoms with E-state index in [9.17, 15) is 24.5 Å². The Morgan fingerprint density at radius 1 is 0.905 bits per heavy atom. The molecule has 42 heavy (non-hydrogen) atoms. The summed E-state index contributed by atoms with van der Waals surface area (Å²) in [5.41, 5.74) is 4.39. The molecule has 0 aliphatic heterocycles. The molecule has 4 aromatic carbocycles. The molecular weight excluding hydrogens is 628 g/mol. The largest absolute Gasteiger partial charge is 0.423 e. The molecule has 2 N–H and O–H groups in total. The highest BCUT2D eigenvalue weighted by molar-refractivity contribution is 9.10. The molecule has 0 radical (unpaired) electrons. The quantitative estimate of drug-likeness (QED) is 0.0521. The molecule has 4 aromatic rings. The first-order valence-electron chi connectivity index (χ1n) is 12.1. The number of hydrazone groups is 1. The van der Waals surface area contributed by atoms with E-state index >= 15 is 0 Å². The van der Waals surface area contributed by atoms with Gasteiger partial charge in [0.2, 0.25) is 0 Å². The van der Waals surface area contributed by atoms with Gasteiger partial charge in [-0.25, -0.2) is 10.2 Å². The highest BCUT2D eigenvalue weighted by Crippen LogP contribution is 2.22. The van der Waals surface area contributed by atoms with Gasteiger partial charge in [-0.1, -0.05) is 33.6 Å². The normalized spacial score (nSPS) is 10.9. The van der Waals surface area contributed by atoms with Gasteiger partial charge in [-0.2, -0.15) is 5.10 Å². The van der Waals surface area contributed by atoms with E-state index in [0.717, 1.165) is 0 Å². The van der Waals surface area contributed by atoms with Crippen molar-refractivity contribution in [2.75, 3.05) is 5.32 Å².